The number of aryl methyl sites for hydroxylation is 1. The van der Waals surface area contributed by atoms with Gasteiger partial charge in [0.15, 0.2) is 0 Å². The first kappa shape index (κ1) is 22.1. The predicted octanol–water partition coefficient (Wildman–Crippen LogP) is 2.89. The fourth-order valence-corrected chi connectivity index (χ4v) is 4.95. The lowest BCUT2D eigenvalue weighted by molar-refractivity contribution is -0.132. The number of piperazine rings is 1. The molecule has 0 aromatic heterocycles. The molecule has 1 atom stereocenters. The van der Waals surface area contributed by atoms with Crippen molar-refractivity contribution in [2.75, 3.05) is 41.6 Å². The number of carbonyl (C=O) groups excluding carboxylic acids is 1. The number of sulfonamides is 1. The van der Waals surface area contributed by atoms with Crippen LogP contribution >= 0.6 is 0 Å². The van der Waals surface area contributed by atoms with Crippen molar-refractivity contribution in [3.63, 3.8) is 0 Å². The number of anilines is 2. The molecule has 0 aliphatic carbocycles. The number of benzene rings is 2. The molecule has 1 aliphatic heterocycles. The largest absolute Gasteiger partial charge is 0.368 e. The monoisotopic (exact) mass is 433 g/mol. The Morgan fingerprint density at radius 1 is 1.03 bits per heavy atom. The van der Waals surface area contributed by atoms with Crippen LogP contribution in [0.1, 0.15) is 19.4 Å². The summed E-state index contributed by atoms with van der Waals surface area (Å²) in [5.41, 5.74) is 2.49. The van der Waals surface area contributed by atoms with Gasteiger partial charge in [-0.05, 0) is 55.3 Å². The Morgan fingerprint density at radius 2 is 1.60 bits per heavy atom. The maximum atomic E-state index is 13.1. The van der Waals surface area contributed by atoms with Gasteiger partial charge < -0.3 is 9.80 Å². The highest BCUT2D eigenvalue weighted by atomic mass is 32.2. The van der Waals surface area contributed by atoms with Crippen molar-refractivity contribution in [2.45, 2.75) is 26.3 Å². The van der Waals surface area contributed by atoms with Crippen molar-refractivity contribution in [1.82, 2.24) is 4.90 Å². The van der Waals surface area contributed by atoms with Crippen LogP contribution in [0.5, 0.6) is 0 Å². The molecule has 3 rings (SSSR count). The number of rotatable bonds is 6. The highest BCUT2D eigenvalue weighted by Crippen LogP contribution is 2.23. The van der Waals surface area contributed by atoms with Crippen LogP contribution in [0.4, 0.5) is 15.8 Å². The Kier molecular flexibility index (Phi) is 6.65. The second-order valence-corrected chi connectivity index (χ2v) is 9.40. The van der Waals surface area contributed by atoms with Crippen LogP contribution in [0, 0.1) is 5.82 Å². The summed E-state index contributed by atoms with van der Waals surface area (Å²) in [4.78, 5) is 16.9. The normalized spacial score (nSPS) is 15.7. The van der Waals surface area contributed by atoms with Gasteiger partial charge in [-0.3, -0.25) is 9.10 Å². The lowest BCUT2D eigenvalue weighted by atomic mass is 10.1. The standard InChI is InChI=1S/C22H28FN3O3S/c1-4-18-5-9-21(10-6-18)26(30(3,28)29)17(2)22(27)25-15-13-24(14-16-25)20-11-7-19(23)8-12-20/h5-12,17H,4,13-16H2,1-3H3/t17-/m0/s1. The SMILES string of the molecule is CCc1ccc(N([C@@H](C)C(=O)N2CCN(c3ccc(F)cc3)CC2)S(C)(=O)=O)cc1. The van der Waals surface area contributed by atoms with Crippen LogP contribution in [0.3, 0.4) is 0 Å². The summed E-state index contributed by atoms with van der Waals surface area (Å²) in [5, 5.41) is 0. The lowest BCUT2D eigenvalue weighted by Gasteiger charge is -2.39. The van der Waals surface area contributed by atoms with Gasteiger partial charge in [0.05, 0.1) is 11.9 Å². The zero-order valence-electron chi connectivity index (χ0n) is 17.6. The molecule has 0 bridgehead atoms. The van der Waals surface area contributed by atoms with Crippen LogP contribution in [0.15, 0.2) is 48.5 Å². The van der Waals surface area contributed by atoms with E-state index in [-0.39, 0.29) is 11.7 Å². The van der Waals surface area contributed by atoms with Crippen LogP contribution in [-0.2, 0) is 21.2 Å². The van der Waals surface area contributed by atoms with Crippen molar-refractivity contribution >= 4 is 27.3 Å². The minimum Gasteiger partial charge on any atom is -0.368 e. The Balaban J connectivity index is 1.71. The van der Waals surface area contributed by atoms with E-state index < -0.39 is 16.1 Å². The third-order valence-corrected chi connectivity index (χ3v) is 6.69. The van der Waals surface area contributed by atoms with Gasteiger partial charge >= 0.3 is 0 Å². The fourth-order valence-electron chi connectivity index (χ4n) is 3.78. The minimum atomic E-state index is -3.64. The molecule has 1 aliphatic rings. The molecule has 0 saturated carbocycles. The van der Waals surface area contributed by atoms with E-state index in [4.69, 9.17) is 0 Å². The molecule has 6 nitrogen and oxygen atoms in total. The average Bonchev–Trinajstić information content (AvgIpc) is 2.73. The first-order chi connectivity index (χ1) is 14.2. The summed E-state index contributed by atoms with van der Waals surface area (Å²) in [6.45, 7) is 5.83. The van der Waals surface area contributed by atoms with E-state index in [9.17, 15) is 17.6 Å². The molecule has 0 radical (unpaired) electrons. The molecule has 1 heterocycles. The minimum absolute atomic E-state index is 0.223. The highest BCUT2D eigenvalue weighted by molar-refractivity contribution is 7.92. The van der Waals surface area contributed by atoms with Crippen LogP contribution in [-0.4, -0.2) is 57.7 Å². The van der Waals surface area contributed by atoms with Crippen molar-refractivity contribution in [2.24, 2.45) is 0 Å². The summed E-state index contributed by atoms with van der Waals surface area (Å²) >= 11 is 0. The van der Waals surface area contributed by atoms with Crippen LogP contribution in [0.25, 0.3) is 0 Å². The van der Waals surface area contributed by atoms with E-state index in [2.05, 4.69) is 4.90 Å². The Hall–Kier alpha value is -2.61. The second-order valence-electron chi connectivity index (χ2n) is 7.54. The maximum absolute atomic E-state index is 13.1. The summed E-state index contributed by atoms with van der Waals surface area (Å²) in [6.07, 6.45) is 1.98. The third kappa shape index (κ3) is 4.92. The molecule has 2 aromatic rings. The summed E-state index contributed by atoms with van der Waals surface area (Å²) in [5.74, 6) is -0.507. The Labute approximate surface area is 177 Å². The van der Waals surface area contributed by atoms with Crippen LogP contribution < -0.4 is 9.21 Å². The van der Waals surface area contributed by atoms with Crippen molar-refractivity contribution in [3.8, 4) is 0 Å². The molecule has 1 fully saturated rings. The predicted molar refractivity (Wildman–Crippen MR) is 118 cm³/mol. The zero-order valence-corrected chi connectivity index (χ0v) is 18.4. The molecule has 162 valence electrons. The molecule has 0 unspecified atom stereocenters. The van der Waals surface area contributed by atoms with E-state index >= 15 is 0 Å². The van der Waals surface area contributed by atoms with E-state index in [1.54, 1.807) is 36.1 Å². The topological polar surface area (TPSA) is 60.9 Å². The first-order valence-corrected chi connectivity index (χ1v) is 11.9. The summed E-state index contributed by atoms with van der Waals surface area (Å²) in [7, 11) is -3.64. The molecule has 2 aromatic carbocycles. The fraction of sp³-hybridized carbons (Fsp3) is 0.409. The van der Waals surface area contributed by atoms with Gasteiger partial charge in [-0.2, -0.15) is 0 Å². The number of hydrogen-bond acceptors (Lipinski definition) is 4. The van der Waals surface area contributed by atoms with Gasteiger partial charge in [-0.1, -0.05) is 19.1 Å². The smallest absolute Gasteiger partial charge is 0.246 e. The molecular formula is C22H28FN3O3S. The quantitative estimate of drug-likeness (QED) is 0.703. The van der Waals surface area contributed by atoms with Crippen molar-refractivity contribution < 1.29 is 17.6 Å². The zero-order chi connectivity index (χ0) is 21.9. The number of hydrogen-bond donors (Lipinski definition) is 0. The average molecular weight is 434 g/mol. The number of halogens is 1. The van der Waals surface area contributed by atoms with E-state index in [1.165, 1.54) is 16.4 Å². The van der Waals surface area contributed by atoms with Crippen LogP contribution in [0.2, 0.25) is 0 Å². The molecule has 30 heavy (non-hydrogen) atoms. The van der Waals surface area contributed by atoms with Gasteiger partial charge in [0.1, 0.15) is 11.9 Å². The Morgan fingerprint density at radius 3 is 2.10 bits per heavy atom. The first-order valence-electron chi connectivity index (χ1n) is 10.1. The lowest BCUT2D eigenvalue weighted by Crippen LogP contribution is -2.55. The molecule has 8 heteroatoms. The van der Waals surface area contributed by atoms with Gasteiger partial charge in [-0.15, -0.1) is 0 Å². The van der Waals surface area contributed by atoms with Crippen molar-refractivity contribution in [1.29, 1.82) is 0 Å². The molecular weight excluding hydrogens is 405 g/mol. The maximum Gasteiger partial charge on any atom is 0.246 e. The van der Waals surface area contributed by atoms with E-state index in [0.29, 0.717) is 31.9 Å². The van der Waals surface area contributed by atoms with Crippen molar-refractivity contribution in [3.05, 3.63) is 59.9 Å². The molecule has 0 spiro atoms. The Bertz CT molecular complexity index is 970. The van der Waals surface area contributed by atoms with Gasteiger partial charge in [0.2, 0.25) is 15.9 Å². The van der Waals surface area contributed by atoms with Gasteiger partial charge in [-0.25, -0.2) is 12.8 Å². The molecule has 0 N–H and O–H groups in total. The van der Waals surface area contributed by atoms with Gasteiger partial charge in [0, 0.05) is 31.9 Å². The number of carbonyl (C=O) groups is 1. The third-order valence-electron chi connectivity index (χ3n) is 5.45. The number of amides is 1. The van der Waals surface area contributed by atoms with Gasteiger partial charge in [0.25, 0.3) is 0 Å². The summed E-state index contributed by atoms with van der Waals surface area (Å²) < 4.78 is 39.3. The van der Waals surface area contributed by atoms with E-state index in [1.807, 2.05) is 19.1 Å². The second kappa shape index (κ2) is 9.04. The highest BCUT2D eigenvalue weighted by Gasteiger charge is 2.33. The molecule has 1 saturated heterocycles. The summed E-state index contributed by atoms with van der Waals surface area (Å²) in [6, 6.07) is 12.7. The molecule has 1 amide bonds. The number of nitrogens with zero attached hydrogens (tertiary/aromatic N) is 3. The van der Waals surface area contributed by atoms with E-state index in [0.717, 1.165) is 23.9 Å².